The minimum atomic E-state index is 0.648. The molecule has 0 saturated carbocycles. The monoisotopic (exact) mass is 498 g/mol. The van der Waals surface area contributed by atoms with Gasteiger partial charge in [0.2, 0.25) is 0 Å². The number of rotatable bonds is 4. The molecule has 0 amide bonds. The highest BCUT2D eigenvalue weighted by atomic mass is 16.3. The van der Waals surface area contributed by atoms with Crippen LogP contribution in [0.4, 0.5) is 0 Å². The Morgan fingerprint density at radius 2 is 1.03 bits per heavy atom. The van der Waals surface area contributed by atoms with E-state index in [0.717, 1.165) is 66.4 Å². The Balaban J connectivity index is 1.45. The van der Waals surface area contributed by atoms with Gasteiger partial charge in [-0.25, -0.2) is 0 Å². The van der Waals surface area contributed by atoms with E-state index in [-0.39, 0.29) is 0 Å². The molecule has 0 saturated heterocycles. The van der Waals surface area contributed by atoms with E-state index in [2.05, 4.69) is 96.0 Å². The number of pyridine rings is 1. The summed E-state index contributed by atoms with van der Waals surface area (Å²) in [6.07, 6.45) is 3.69. The molecule has 0 fully saturated rings. The van der Waals surface area contributed by atoms with E-state index < -0.39 is 0 Å². The number of nitrogens with zero attached hydrogens (tertiary/aromatic N) is 2. The second kappa shape index (κ2) is 9.45. The van der Waals surface area contributed by atoms with E-state index in [9.17, 15) is 5.26 Å². The lowest BCUT2D eigenvalue weighted by molar-refractivity contribution is 0.671. The molecular formula is C36H22N2O. The summed E-state index contributed by atoms with van der Waals surface area (Å²) in [4.78, 5) is 4.34. The predicted octanol–water partition coefficient (Wildman–Crippen LogP) is 9.52. The quantitative estimate of drug-likeness (QED) is 0.243. The molecule has 0 unspecified atom stereocenters. The molecule has 0 radical (unpaired) electrons. The number of nitriles is 1. The first-order chi connectivity index (χ1) is 19.3. The van der Waals surface area contributed by atoms with Crippen molar-refractivity contribution in [3.05, 3.63) is 139 Å². The van der Waals surface area contributed by atoms with Gasteiger partial charge in [0.1, 0.15) is 11.2 Å². The van der Waals surface area contributed by atoms with Crippen LogP contribution >= 0.6 is 0 Å². The zero-order valence-electron chi connectivity index (χ0n) is 21.0. The molecule has 0 aliphatic heterocycles. The van der Waals surface area contributed by atoms with E-state index in [1.54, 1.807) is 6.20 Å². The maximum Gasteiger partial charge on any atom is 0.143 e. The summed E-state index contributed by atoms with van der Waals surface area (Å²) >= 11 is 0. The molecule has 0 atom stereocenters. The smallest absolute Gasteiger partial charge is 0.143 e. The van der Waals surface area contributed by atoms with Crippen molar-refractivity contribution in [1.82, 2.24) is 4.98 Å². The Morgan fingerprint density at radius 3 is 1.56 bits per heavy atom. The Labute approximate surface area is 226 Å². The number of furan rings is 1. The third kappa shape index (κ3) is 3.87. The maximum absolute atomic E-state index is 9.24. The van der Waals surface area contributed by atoms with Gasteiger partial charge in [0.05, 0.1) is 11.6 Å². The third-order valence-corrected chi connectivity index (χ3v) is 7.26. The molecule has 5 aromatic carbocycles. The Bertz CT molecular complexity index is 2010. The first kappa shape index (κ1) is 22.7. The van der Waals surface area contributed by atoms with Crippen molar-refractivity contribution >= 4 is 21.9 Å². The van der Waals surface area contributed by atoms with Crippen LogP contribution in [0, 0.1) is 11.3 Å². The fraction of sp³-hybridized carbons (Fsp3) is 0. The van der Waals surface area contributed by atoms with Crippen molar-refractivity contribution in [3.63, 3.8) is 0 Å². The van der Waals surface area contributed by atoms with E-state index in [4.69, 9.17) is 4.42 Å². The predicted molar refractivity (Wildman–Crippen MR) is 158 cm³/mol. The second-order valence-electron chi connectivity index (χ2n) is 9.49. The zero-order chi connectivity index (χ0) is 26.2. The van der Waals surface area contributed by atoms with Crippen LogP contribution in [0.2, 0.25) is 0 Å². The fourth-order valence-electron chi connectivity index (χ4n) is 5.43. The number of benzene rings is 5. The number of para-hydroxylation sites is 2. The number of aromatic nitrogens is 1. The van der Waals surface area contributed by atoms with Gasteiger partial charge in [-0.3, -0.25) is 4.98 Å². The summed E-state index contributed by atoms with van der Waals surface area (Å²) in [7, 11) is 0. The average Bonchev–Trinajstić information content (AvgIpc) is 3.41. The number of fused-ring (bicyclic) bond motifs is 3. The normalized spacial score (nSPS) is 11.1. The molecule has 0 spiro atoms. The molecular weight excluding hydrogens is 476 g/mol. The van der Waals surface area contributed by atoms with Crippen LogP contribution in [-0.4, -0.2) is 4.98 Å². The lowest BCUT2D eigenvalue weighted by atomic mass is 9.92. The first-order valence-electron chi connectivity index (χ1n) is 12.9. The molecule has 7 aromatic rings. The Kier molecular flexibility index (Phi) is 5.50. The SMILES string of the molecule is N#Cc1ccc(-c2ccccc2-c2cccc3c2oc2c(-c4ccccc4-c4cccnc4)cccc23)cc1. The van der Waals surface area contributed by atoms with Crippen molar-refractivity contribution < 1.29 is 4.42 Å². The molecule has 0 aliphatic carbocycles. The molecule has 2 aromatic heterocycles. The molecule has 0 bridgehead atoms. The Hall–Kier alpha value is -5.46. The summed E-state index contributed by atoms with van der Waals surface area (Å²) < 4.78 is 6.78. The lowest BCUT2D eigenvalue weighted by Gasteiger charge is -2.11. The summed E-state index contributed by atoms with van der Waals surface area (Å²) in [5.74, 6) is 0. The van der Waals surface area contributed by atoms with Gasteiger partial charge in [0.15, 0.2) is 0 Å². The van der Waals surface area contributed by atoms with Crippen LogP contribution in [0.3, 0.4) is 0 Å². The minimum absolute atomic E-state index is 0.648. The summed E-state index contributed by atoms with van der Waals surface area (Å²) in [6, 6.07) is 43.4. The molecule has 3 heteroatoms. The fourth-order valence-corrected chi connectivity index (χ4v) is 5.43. The lowest BCUT2D eigenvalue weighted by Crippen LogP contribution is -1.86. The molecule has 2 heterocycles. The third-order valence-electron chi connectivity index (χ3n) is 7.26. The van der Waals surface area contributed by atoms with E-state index in [1.165, 1.54) is 0 Å². The molecule has 3 nitrogen and oxygen atoms in total. The standard InChI is InChI=1S/C36H22N2O/c37-22-24-17-19-25(20-18-24)27-9-1-3-11-29(27)31-13-5-15-33-34-16-6-14-32(36(34)39-35(31)33)30-12-4-2-10-28(30)26-8-7-21-38-23-26/h1-21,23H. The Morgan fingerprint density at radius 1 is 0.487 bits per heavy atom. The number of hydrogen-bond donors (Lipinski definition) is 0. The van der Waals surface area contributed by atoms with Crippen molar-refractivity contribution in [3.8, 4) is 50.6 Å². The second-order valence-corrected chi connectivity index (χ2v) is 9.49. The molecule has 0 aliphatic rings. The van der Waals surface area contributed by atoms with Gasteiger partial charge in [0, 0.05) is 39.9 Å². The van der Waals surface area contributed by atoms with Crippen LogP contribution in [0.5, 0.6) is 0 Å². The molecule has 39 heavy (non-hydrogen) atoms. The van der Waals surface area contributed by atoms with Crippen molar-refractivity contribution in [1.29, 1.82) is 5.26 Å². The summed E-state index contributed by atoms with van der Waals surface area (Å²) in [5.41, 5.74) is 11.0. The average molecular weight is 499 g/mol. The van der Waals surface area contributed by atoms with Gasteiger partial charge in [-0.15, -0.1) is 0 Å². The van der Waals surface area contributed by atoms with Crippen LogP contribution in [0.1, 0.15) is 5.56 Å². The molecule has 0 N–H and O–H groups in total. The topological polar surface area (TPSA) is 49.8 Å². The van der Waals surface area contributed by atoms with Crippen LogP contribution < -0.4 is 0 Å². The van der Waals surface area contributed by atoms with Gasteiger partial charge in [-0.05, 0) is 46.0 Å². The highest BCUT2D eigenvalue weighted by Gasteiger charge is 2.18. The van der Waals surface area contributed by atoms with Crippen molar-refractivity contribution in [2.75, 3.05) is 0 Å². The summed E-state index contributed by atoms with van der Waals surface area (Å²) in [6.45, 7) is 0. The van der Waals surface area contributed by atoms with Gasteiger partial charge in [0.25, 0.3) is 0 Å². The van der Waals surface area contributed by atoms with Crippen LogP contribution in [0.15, 0.2) is 138 Å². The van der Waals surface area contributed by atoms with E-state index in [1.807, 2.05) is 42.6 Å². The summed E-state index contributed by atoms with van der Waals surface area (Å²) in [5, 5.41) is 11.4. The molecule has 7 rings (SSSR count). The van der Waals surface area contributed by atoms with Gasteiger partial charge >= 0.3 is 0 Å². The van der Waals surface area contributed by atoms with Gasteiger partial charge in [-0.1, -0.05) is 103 Å². The van der Waals surface area contributed by atoms with Crippen LogP contribution in [0.25, 0.3) is 66.4 Å². The number of hydrogen-bond acceptors (Lipinski definition) is 3. The van der Waals surface area contributed by atoms with Gasteiger partial charge in [-0.2, -0.15) is 5.26 Å². The highest BCUT2D eigenvalue weighted by Crippen LogP contribution is 2.43. The largest absolute Gasteiger partial charge is 0.455 e. The van der Waals surface area contributed by atoms with Crippen molar-refractivity contribution in [2.45, 2.75) is 0 Å². The zero-order valence-corrected chi connectivity index (χ0v) is 21.0. The van der Waals surface area contributed by atoms with E-state index in [0.29, 0.717) is 5.56 Å². The van der Waals surface area contributed by atoms with Crippen molar-refractivity contribution in [2.24, 2.45) is 0 Å². The maximum atomic E-state index is 9.24. The minimum Gasteiger partial charge on any atom is -0.455 e. The molecule has 182 valence electrons. The van der Waals surface area contributed by atoms with Gasteiger partial charge < -0.3 is 4.42 Å². The van der Waals surface area contributed by atoms with E-state index >= 15 is 0 Å². The van der Waals surface area contributed by atoms with Crippen LogP contribution in [-0.2, 0) is 0 Å². The highest BCUT2D eigenvalue weighted by molar-refractivity contribution is 6.14. The first-order valence-corrected chi connectivity index (χ1v) is 12.9.